The lowest BCUT2D eigenvalue weighted by molar-refractivity contribution is 0.806. The second-order valence-electron chi connectivity index (χ2n) is 9.71. The smallest absolute Gasteiger partial charge is 0.0845 e. The Morgan fingerprint density at radius 2 is 1.27 bits per heavy atom. The Labute approximate surface area is 201 Å². The monoisotopic (exact) mass is 443 g/mol. The molecule has 4 rings (SSSR count). The van der Waals surface area contributed by atoms with Crippen LogP contribution in [0, 0.1) is 0 Å². The molecule has 0 spiro atoms. The first kappa shape index (κ1) is 23.5. The molecule has 0 aromatic heterocycles. The summed E-state index contributed by atoms with van der Waals surface area (Å²) in [5.41, 5.74) is 11.7. The zero-order valence-electron chi connectivity index (χ0n) is 21.5. The van der Waals surface area contributed by atoms with Gasteiger partial charge in [-0.25, -0.2) is 0 Å². The van der Waals surface area contributed by atoms with Crippen LogP contribution in [0.3, 0.4) is 0 Å². The summed E-state index contributed by atoms with van der Waals surface area (Å²) in [5, 5.41) is 0. The molecular weight excluding hydrogens is 402 g/mol. The molecule has 0 saturated heterocycles. The molecule has 0 heterocycles. The van der Waals surface area contributed by atoms with Gasteiger partial charge in [0.2, 0.25) is 0 Å². The molecule has 0 aliphatic heterocycles. The molecule has 0 saturated carbocycles. The molecule has 0 fully saturated rings. The van der Waals surface area contributed by atoms with Crippen molar-refractivity contribution in [1.29, 1.82) is 0 Å². The van der Waals surface area contributed by atoms with Crippen molar-refractivity contribution in [3.63, 3.8) is 0 Å². The van der Waals surface area contributed by atoms with Gasteiger partial charge in [-0.1, -0.05) is 69.3 Å². The lowest BCUT2D eigenvalue weighted by atomic mass is 9.86. The van der Waals surface area contributed by atoms with Crippen LogP contribution in [0.15, 0.2) is 48.6 Å². The van der Waals surface area contributed by atoms with E-state index in [1.807, 2.05) is 0 Å². The molecule has 0 radical (unpaired) electrons. The zero-order chi connectivity index (χ0) is 23.5. The first-order valence-corrected chi connectivity index (χ1v) is 12.8. The quantitative estimate of drug-likeness (QED) is 0.334. The molecule has 0 unspecified atom stereocenters. The summed E-state index contributed by atoms with van der Waals surface area (Å²) in [5.74, 6) is 0.318. The van der Waals surface area contributed by atoms with E-state index in [1.165, 1.54) is 44.9 Å². The van der Waals surface area contributed by atoms with E-state index in [4.69, 9.17) is 0 Å². The average Bonchev–Trinajstić information content (AvgIpc) is 3.46. The van der Waals surface area contributed by atoms with E-state index in [-0.39, 0.29) is 0 Å². The van der Waals surface area contributed by atoms with E-state index in [0.29, 0.717) is 5.92 Å². The number of allylic oxidation sites excluding steroid dienone is 4. The summed E-state index contributed by atoms with van der Waals surface area (Å²) in [6.45, 7) is 10.0. The molecule has 3 nitrogen and oxygen atoms in total. The van der Waals surface area contributed by atoms with Gasteiger partial charge in [-0.3, -0.25) is 0 Å². The SMILES string of the molecule is CCCN(C)c1c2c(c(C3C=CC=C3)c(N(C)CCC)c1N(C)CCC)-c1ccccc1C2. The van der Waals surface area contributed by atoms with Gasteiger partial charge in [0, 0.05) is 53.1 Å². The number of anilines is 3. The summed E-state index contributed by atoms with van der Waals surface area (Å²) in [6, 6.07) is 9.08. The maximum atomic E-state index is 2.53. The molecule has 2 aromatic rings. The fourth-order valence-corrected chi connectivity index (χ4v) is 5.82. The highest BCUT2D eigenvalue weighted by atomic mass is 15.2. The molecule has 0 atom stereocenters. The Bertz CT molecular complexity index is 1040. The third-order valence-corrected chi connectivity index (χ3v) is 7.12. The predicted octanol–water partition coefficient (Wildman–Crippen LogP) is 7.01. The van der Waals surface area contributed by atoms with E-state index in [9.17, 15) is 0 Å². The van der Waals surface area contributed by atoms with Gasteiger partial charge in [-0.15, -0.1) is 0 Å². The van der Waals surface area contributed by atoms with Crippen molar-refractivity contribution in [2.45, 2.75) is 52.4 Å². The summed E-state index contributed by atoms with van der Waals surface area (Å²) in [7, 11) is 6.89. The van der Waals surface area contributed by atoms with Crippen LogP contribution in [0.4, 0.5) is 17.1 Å². The maximum Gasteiger partial charge on any atom is 0.0845 e. The minimum absolute atomic E-state index is 0.318. The lowest BCUT2D eigenvalue weighted by Crippen LogP contribution is -2.30. The van der Waals surface area contributed by atoms with Gasteiger partial charge in [0.15, 0.2) is 0 Å². The Morgan fingerprint density at radius 1 is 0.727 bits per heavy atom. The lowest BCUT2D eigenvalue weighted by Gasteiger charge is -2.38. The fourth-order valence-electron chi connectivity index (χ4n) is 5.82. The van der Waals surface area contributed by atoms with Gasteiger partial charge in [0.25, 0.3) is 0 Å². The standard InChI is InChI=1S/C30H41N3/c1-7-18-31(4)28-25-21-23-16-12-13-17-24(23)27(25)26(22-14-10-11-15-22)29(32(5)19-8-2)30(28)33(6)20-9-3/h10-17,22H,7-9,18-21H2,1-6H3. The highest BCUT2D eigenvalue weighted by Gasteiger charge is 2.35. The van der Waals surface area contributed by atoms with Crippen LogP contribution in [0.5, 0.6) is 0 Å². The topological polar surface area (TPSA) is 9.72 Å². The number of benzene rings is 2. The molecule has 0 N–H and O–H groups in total. The van der Waals surface area contributed by atoms with Crippen LogP contribution in [0.2, 0.25) is 0 Å². The van der Waals surface area contributed by atoms with E-state index >= 15 is 0 Å². The Morgan fingerprint density at radius 3 is 1.88 bits per heavy atom. The second-order valence-corrected chi connectivity index (χ2v) is 9.71. The zero-order valence-corrected chi connectivity index (χ0v) is 21.5. The van der Waals surface area contributed by atoms with Gasteiger partial charge in [0.1, 0.15) is 0 Å². The molecule has 0 amide bonds. The summed E-state index contributed by atoms with van der Waals surface area (Å²) in [6.07, 6.45) is 13.6. The van der Waals surface area contributed by atoms with Crippen molar-refractivity contribution in [2.75, 3.05) is 55.5 Å². The van der Waals surface area contributed by atoms with Gasteiger partial charge < -0.3 is 14.7 Å². The average molecular weight is 444 g/mol. The van der Waals surface area contributed by atoms with Crippen molar-refractivity contribution in [1.82, 2.24) is 0 Å². The molecular formula is C30H41N3. The van der Waals surface area contributed by atoms with E-state index in [0.717, 1.165) is 45.3 Å². The van der Waals surface area contributed by atoms with Crippen molar-refractivity contribution in [3.05, 3.63) is 65.3 Å². The molecule has 3 heteroatoms. The van der Waals surface area contributed by atoms with E-state index < -0.39 is 0 Å². The molecule has 0 bridgehead atoms. The summed E-state index contributed by atoms with van der Waals surface area (Å²) in [4.78, 5) is 7.58. The second kappa shape index (κ2) is 10.1. The normalized spacial score (nSPS) is 14.0. The minimum Gasteiger partial charge on any atom is -0.373 e. The predicted molar refractivity (Wildman–Crippen MR) is 146 cm³/mol. The van der Waals surface area contributed by atoms with Crippen molar-refractivity contribution >= 4 is 17.1 Å². The van der Waals surface area contributed by atoms with Crippen LogP contribution >= 0.6 is 0 Å². The Hall–Kier alpha value is -2.68. The molecule has 2 aliphatic carbocycles. The number of hydrogen-bond acceptors (Lipinski definition) is 3. The number of hydrogen-bond donors (Lipinski definition) is 0. The first-order valence-electron chi connectivity index (χ1n) is 12.8. The largest absolute Gasteiger partial charge is 0.373 e. The molecule has 2 aromatic carbocycles. The van der Waals surface area contributed by atoms with Gasteiger partial charge in [-0.2, -0.15) is 0 Å². The highest BCUT2D eigenvalue weighted by molar-refractivity contribution is 6.00. The number of fused-ring (bicyclic) bond motifs is 3. The van der Waals surface area contributed by atoms with Crippen LogP contribution in [-0.4, -0.2) is 40.8 Å². The van der Waals surface area contributed by atoms with Crippen molar-refractivity contribution in [3.8, 4) is 11.1 Å². The maximum absolute atomic E-state index is 2.53. The van der Waals surface area contributed by atoms with Crippen molar-refractivity contribution < 1.29 is 0 Å². The van der Waals surface area contributed by atoms with Crippen LogP contribution in [0.1, 0.15) is 62.6 Å². The Balaban J connectivity index is 2.13. The summed E-state index contributed by atoms with van der Waals surface area (Å²) < 4.78 is 0. The van der Waals surface area contributed by atoms with Crippen LogP contribution < -0.4 is 14.7 Å². The minimum atomic E-state index is 0.318. The van der Waals surface area contributed by atoms with Crippen LogP contribution in [0.25, 0.3) is 11.1 Å². The van der Waals surface area contributed by atoms with Gasteiger partial charge in [-0.05, 0) is 47.1 Å². The molecule has 2 aliphatic rings. The van der Waals surface area contributed by atoms with Gasteiger partial charge >= 0.3 is 0 Å². The van der Waals surface area contributed by atoms with Crippen molar-refractivity contribution in [2.24, 2.45) is 0 Å². The number of rotatable bonds is 10. The molecule has 176 valence electrons. The van der Waals surface area contributed by atoms with E-state index in [2.05, 4.69) is 105 Å². The Kier molecular flexibility index (Phi) is 7.17. The molecule has 33 heavy (non-hydrogen) atoms. The highest BCUT2D eigenvalue weighted by Crippen LogP contribution is 2.55. The summed E-state index contributed by atoms with van der Waals surface area (Å²) >= 11 is 0. The number of nitrogens with zero attached hydrogens (tertiary/aromatic N) is 3. The third-order valence-electron chi connectivity index (χ3n) is 7.12. The van der Waals surface area contributed by atoms with Crippen LogP contribution in [-0.2, 0) is 6.42 Å². The third kappa shape index (κ3) is 4.18. The fraction of sp³-hybridized carbons (Fsp3) is 0.467. The van der Waals surface area contributed by atoms with Gasteiger partial charge in [0.05, 0.1) is 17.1 Å². The van der Waals surface area contributed by atoms with E-state index in [1.54, 1.807) is 0 Å². The first-order chi connectivity index (χ1) is 16.0.